The summed E-state index contributed by atoms with van der Waals surface area (Å²) >= 11 is 3.46. The Hall–Kier alpha value is -2.15. The molecule has 0 radical (unpaired) electrons. The summed E-state index contributed by atoms with van der Waals surface area (Å²) in [6.07, 6.45) is 0. The van der Waals surface area contributed by atoms with E-state index in [9.17, 15) is 9.59 Å². The van der Waals surface area contributed by atoms with E-state index in [4.69, 9.17) is 5.11 Å². The highest BCUT2D eigenvalue weighted by Crippen LogP contribution is 2.21. The fourth-order valence-corrected chi connectivity index (χ4v) is 2.47. The maximum Gasteiger partial charge on any atom is 0.335 e. The first-order chi connectivity index (χ1) is 10.8. The highest BCUT2D eigenvalue weighted by atomic mass is 79.9. The molecular weight excluding hydrogens is 362 g/mol. The fourth-order valence-electron chi connectivity index (χ4n) is 2.19. The van der Waals surface area contributed by atoms with Crippen LogP contribution in [0.5, 0.6) is 0 Å². The van der Waals surface area contributed by atoms with Gasteiger partial charge in [0.25, 0.3) is 0 Å². The van der Waals surface area contributed by atoms with Crippen molar-refractivity contribution in [1.82, 2.24) is 9.78 Å². The second-order valence-electron chi connectivity index (χ2n) is 5.44. The number of carbonyl (C=O) groups excluding carboxylic acids is 1. The Kier molecular flexibility index (Phi) is 5.20. The van der Waals surface area contributed by atoms with Gasteiger partial charge in [-0.15, -0.1) is 0 Å². The van der Waals surface area contributed by atoms with Crippen LogP contribution in [-0.2, 0) is 11.3 Å². The van der Waals surface area contributed by atoms with Crippen molar-refractivity contribution >= 4 is 33.5 Å². The normalized spacial score (nSPS) is 12.0. The molecule has 0 aliphatic rings. The van der Waals surface area contributed by atoms with Gasteiger partial charge in [0.1, 0.15) is 0 Å². The number of hydrogen-bond acceptors (Lipinski definition) is 3. The highest BCUT2D eigenvalue weighted by Gasteiger charge is 2.17. The first kappa shape index (κ1) is 17.2. The zero-order valence-electron chi connectivity index (χ0n) is 13.1. The van der Waals surface area contributed by atoms with Crippen molar-refractivity contribution in [2.75, 3.05) is 5.32 Å². The predicted molar refractivity (Wildman–Crippen MR) is 90.6 cm³/mol. The van der Waals surface area contributed by atoms with Gasteiger partial charge in [-0.2, -0.15) is 5.10 Å². The Morgan fingerprint density at radius 3 is 2.65 bits per heavy atom. The van der Waals surface area contributed by atoms with Crippen molar-refractivity contribution in [2.45, 2.75) is 27.3 Å². The number of aryl methyl sites for hydroxylation is 1. The van der Waals surface area contributed by atoms with Crippen LogP contribution in [-0.4, -0.2) is 26.8 Å². The van der Waals surface area contributed by atoms with Gasteiger partial charge in [-0.25, -0.2) is 4.79 Å². The third kappa shape index (κ3) is 3.98. The van der Waals surface area contributed by atoms with Crippen LogP contribution in [0.4, 0.5) is 5.69 Å². The molecule has 2 rings (SSSR count). The van der Waals surface area contributed by atoms with Crippen LogP contribution in [0, 0.1) is 19.8 Å². The Labute approximate surface area is 142 Å². The van der Waals surface area contributed by atoms with Gasteiger partial charge in [-0.05, 0) is 48.0 Å². The lowest BCUT2D eigenvalue weighted by molar-refractivity contribution is -0.119. The molecule has 0 saturated carbocycles. The summed E-state index contributed by atoms with van der Waals surface area (Å²) in [5.41, 5.74) is 2.45. The van der Waals surface area contributed by atoms with E-state index in [1.165, 1.54) is 12.1 Å². The van der Waals surface area contributed by atoms with Crippen molar-refractivity contribution in [3.05, 3.63) is 45.7 Å². The molecule has 122 valence electrons. The molecule has 6 nitrogen and oxygen atoms in total. The summed E-state index contributed by atoms with van der Waals surface area (Å²) < 4.78 is 2.73. The standard InChI is InChI=1S/C16H18BrN3O3/c1-9(8-20-11(3)14(17)10(2)19-20)15(21)18-13-6-4-5-12(7-13)16(22)23/h4-7,9H,8H2,1-3H3,(H,18,21)(H,22,23). The largest absolute Gasteiger partial charge is 0.478 e. The topological polar surface area (TPSA) is 84.2 Å². The molecule has 0 aliphatic carbocycles. The van der Waals surface area contributed by atoms with Gasteiger partial charge in [0.05, 0.1) is 28.2 Å². The number of halogens is 1. The van der Waals surface area contributed by atoms with Gasteiger partial charge in [-0.3, -0.25) is 9.48 Å². The zero-order chi connectivity index (χ0) is 17.1. The number of anilines is 1. The molecule has 2 aromatic rings. The first-order valence-corrected chi connectivity index (χ1v) is 7.92. The molecule has 1 unspecified atom stereocenters. The molecule has 0 bridgehead atoms. The molecule has 0 aliphatic heterocycles. The predicted octanol–water partition coefficient (Wildman–Crippen LogP) is 3.24. The number of benzene rings is 1. The van der Waals surface area contributed by atoms with Gasteiger partial charge in [0.15, 0.2) is 0 Å². The fraction of sp³-hybridized carbons (Fsp3) is 0.312. The second-order valence-corrected chi connectivity index (χ2v) is 6.24. The minimum absolute atomic E-state index is 0.137. The molecule has 1 atom stereocenters. The molecule has 1 aromatic heterocycles. The molecule has 23 heavy (non-hydrogen) atoms. The lowest BCUT2D eigenvalue weighted by Gasteiger charge is -2.13. The summed E-state index contributed by atoms with van der Waals surface area (Å²) in [6.45, 7) is 6.09. The molecule has 1 heterocycles. The van der Waals surface area contributed by atoms with Crippen molar-refractivity contribution in [1.29, 1.82) is 0 Å². The quantitative estimate of drug-likeness (QED) is 0.834. The van der Waals surface area contributed by atoms with Crippen LogP contribution < -0.4 is 5.32 Å². The number of carboxylic acids is 1. The number of nitrogens with zero attached hydrogens (tertiary/aromatic N) is 2. The lowest BCUT2D eigenvalue weighted by Crippen LogP contribution is -2.25. The lowest BCUT2D eigenvalue weighted by atomic mass is 10.1. The smallest absolute Gasteiger partial charge is 0.335 e. The Morgan fingerprint density at radius 2 is 2.09 bits per heavy atom. The number of rotatable bonds is 5. The van der Waals surface area contributed by atoms with E-state index < -0.39 is 5.97 Å². The van der Waals surface area contributed by atoms with Gasteiger partial charge in [0.2, 0.25) is 5.91 Å². The van der Waals surface area contributed by atoms with Crippen molar-refractivity contribution in [3.63, 3.8) is 0 Å². The van der Waals surface area contributed by atoms with E-state index in [0.717, 1.165) is 15.9 Å². The summed E-state index contributed by atoms with van der Waals surface area (Å²) in [4.78, 5) is 23.2. The Balaban J connectivity index is 2.06. The van der Waals surface area contributed by atoms with Crippen LogP contribution in [0.2, 0.25) is 0 Å². The van der Waals surface area contributed by atoms with Gasteiger partial charge in [0, 0.05) is 11.4 Å². The van der Waals surface area contributed by atoms with Crippen molar-refractivity contribution in [3.8, 4) is 0 Å². The van der Waals surface area contributed by atoms with Crippen LogP contribution in [0.1, 0.15) is 28.7 Å². The molecule has 0 spiro atoms. The minimum atomic E-state index is -1.03. The molecular formula is C16H18BrN3O3. The molecule has 1 amide bonds. The minimum Gasteiger partial charge on any atom is -0.478 e. The average Bonchev–Trinajstić information content (AvgIpc) is 2.74. The summed E-state index contributed by atoms with van der Waals surface area (Å²) in [7, 11) is 0. The third-order valence-electron chi connectivity index (χ3n) is 3.56. The Bertz CT molecular complexity index is 755. The molecule has 2 N–H and O–H groups in total. The van der Waals surface area contributed by atoms with Crippen LogP contribution >= 0.6 is 15.9 Å². The number of aromatic carboxylic acids is 1. The number of aromatic nitrogens is 2. The van der Waals surface area contributed by atoms with Crippen LogP contribution in [0.25, 0.3) is 0 Å². The number of amides is 1. The van der Waals surface area contributed by atoms with Gasteiger partial charge >= 0.3 is 5.97 Å². The van der Waals surface area contributed by atoms with E-state index in [1.54, 1.807) is 23.7 Å². The van der Waals surface area contributed by atoms with Crippen LogP contribution in [0.15, 0.2) is 28.7 Å². The SMILES string of the molecule is Cc1nn(CC(C)C(=O)Nc2cccc(C(=O)O)c2)c(C)c1Br. The van der Waals surface area contributed by atoms with E-state index in [2.05, 4.69) is 26.3 Å². The van der Waals surface area contributed by atoms with Crippen LogP contribution in [0.3, 0.4) is 0 Å². The van der Waals surface area contributed by atoms with Crippen molar-refractivity contribution < 1.29 is 14.7 Å². The number of carboxylic acid groups (broad SMARTS) is 1. The van der Waals surface area contributed by atoms with E-state index >= 15 is 0 Å². The number of carbonyl (C=O) groups is 2. The Morgan fingerprint density at radius 1 is 1.39 bits per heavy atom. The molecule has 1 aromatic carbocycles. The molecule has 7 heteroatoms. The summed E-state index contributed by atoms with van der Waals surface area (Å²) in [6, 6.07) is 6.18. The van der Waals surface area contributed by atoms with Crippen molar-refractivity contribution in [2.24, 2.45) is 5.92 Å². The molecule has 0 fully saturated rings. The zero-order valence-corrected chi connectivity index (χ0v) is 14.7. The average molecular weight is 380 g/mol. The van der Waals surface area contributed by atoms with Gasteiger partial charge in [-0.1, -0.05) is 13.0 Å². The summed E-state index contributed by atoms with van der Waals surface area (Å²) in [5.74, 6) is -1.52. The first-order valence-electron chi connectivity index (χ1n) is 7.13. The van der Waals surface area contributed by atoms with E-state index in [-0.39, 0.29) is 17.4 Å². The second kappa shape index (κ2) is 6.95. The highest BCUT2D eigenvalue weighted by molar-refractivity contribution is 9.10. The van der Waals surface area contributed by atoms with E-state index in [0.29, 0.717) is 12.2 Å². The third-order valence-corrected chi connectivity index (χ3v) is 4.71. The summed E-state index contributed by atoms with van der Waals surface area (Å²) in [5, 5.41) is 16.1. The number of nitrogens with one attached hydrogen (secondary N) is 1. The molecule has 0 saturated heterocycles. The van der Waals surface area contributed by atoms with Gasteiger partial charge < -0.3 is 10.4 Å². The number of hydrogen-bond donors (Lipinski definition) is 2. The maximum atomic E-state index is 12.3. The van der Waals surface area contributed by atoms with E-state index in [1.807, 2.05) is 13.8 Å². The monoisotopic (exact) mass is 379 g/mol. The maximum absolute atomic E-state index is 12.3.